The Balaban J connectivity index is 1.40. The van der Waals surface area contributed by atoms with Crippen LogP contribution in [0.1, 0.15) is 48.1 Å². The molecule has 5 heteroatoms. The highest BCUT2D eigenvalue weighted by Gasteiger charge is 2.39. The smallest absolute Gasteiger partial charge is 0.251 e. The second kappa shape index (κ2) is 8.78. The van der Waals surface area contributed by atoms with Crippen LogP contribution in [0.2, 0.25) is 0 Å². The van der Waals surface area contributed by atoms with E-state index in [-0.39, 0.29) is 23.8 Å². The standard InChI is InChI=1S/C24H29N3O2/c1-17-14-21(17)24(29)26-20-11-7-10-19(15-20)23(28)25-16-22(27-12-5-6-13-27)18-8-3-2-4-9-18/h2-4,7-11,15,17,21-22H,5-6,12-14,16H2,1H3,(H,25,28)(H,26,29). The van der Waals surface area contributed by atoms with Crippen LogP contribution in [0.5, 0.6) is 0 Å². The SMILES string of the molecule is CC1CC1C(=O)Nc1cccc(C(=O)NCC(c2ccccc2)N2CCCC2)c1. The van der Waals surface area contributed by atoms with Crippen LogP contribution in [0.3, 0.4) is 0 Å². The average molecular weight is 392 g/mol. The van der Waals surface area contributed by atoms with E-state index in [1.165, 1.54) is 18.4 Å². The van der Waals surface area contributed by atoms with Crippen LogP contribution in [0.25, 0.3) is 0 Å². The molecule has 2 aromatic carbocycles. The lowest BCUT2D eigenvalue weighted by Crippen LogP contribution is -2.36. The van der Waals surface area contributed by atoms with Crippen molar-refractivity contribution in [3.63, 3.8) is 0 Å². The minimum absolute atomic E-state index is 0.0493. The van der Waals surface area contributed by atoms with Gasteiger partial charge < -0.3 is 10.6 Å². The van der Waals surface area contributed by atoms with Crippen molar-refractivity contribution in [3.05, 3.63) is 65.7 Å². The van der Waals surface area contributed by atoms with Gasteiger partial charge in [-0.2, -0.15) is 0 Å². The molecule has 2 aliphatic rings. The number of nitrogens with zero attached hydrogens (tertiary/aromatic N) is 1. The van der Waals surface area contributed by atoms with Crippen molar-refractivity contribution >= 4 is 17.5 Å². The fourth-order valence-corrected chi connectivity index (χ4v) is 4.14. The number of nitrogens with one attached hydrogen (secondary N) is 2. The lowest BCUT2D eigenvalue weighted by molar-refractivity contribution is -0.117. The van der Waals surface area contributed by atoms with Gasteiger partial charge in [-0.05, 0) is 62.0 Å². The molecule has 1 saturated carbocycles. The second-order valence-electron chi connectivity index (χ2n) is 8.27. The number of rotatable bonds is 7. The quantitative estimate of drug-likeness (QED) is 0.754. The van der Waals surface area contributed by atoms with Crippen molar-refractivity contribution in [2.45, 2.75) is 32.2 Å². The number of carbonyl (C=O) groups is 2. The summed E-state index contributed by atoms with van der Waals surface area (Å²) in [5.41, 5.74) is 2.48. The summed E-state index contributed by atoms with van der Waals surface area (Å²) in [5, 5.41) is 6.04. The van der Waals surface area contributed by atoms with Gasteiger partial charge in [0.1, 0.15) is 0 Å². The predicted molar refractivity (Wildman–Crippen MR) is 115 cm³/mol. The van der Waals surface area contributed by atoms with Gasteiger partial charge in [-0.25, -0.2) is 0 Å². The molecular weight excluding hydrogens is 362 g/mol. The van der Waals surface area contributed by atoms with E-state index in [0.717, 1.165) is 19.5 Å². The monoisotopic (exact) mass is 391 g/mol. The molecular formula is C24H29N3O2. The maximum Gasteiger partial charge on any atom is 0.251 e. The molecule has 3 atom stereocenters. The van der Waals surface area contributed by atoms with Gasteiger partial charge in [-0.15, -0.1) is 0 Å². The van der Waals surface area contributed by atoms with E-state index in [4.69, 9.17) is 0 Å². The summed E-state index contributed by atoms with van der Waals surface area (Å²) in [7, 11) is 0. The fraction of sp³-hybridized carbons (Fsp3) is 0.417. The van der Waals surface area contributed by atoms with Crippen LogP contribution in [0.15, 0.2) is 54.6 Å². The molecule has 2 fully saturated rings. The summed E-state index contributed by atoms with van der Waals surface area (Å²) in [6.07, 6.45) is 3.36. The van der Waals surface area contributed by atoms with Crippen LogP contribution in [-0.4, -0.2) is 36.3 Å². The van der Waals surface area contributed by atoms with Crippen LogP contribution >= 0.6 is 0 Å². The number of anilines is 1. The summed E-state index contributed by atoms with van der Waals surface area (Å²) in [4.78, 5) is 27.4. The van der Waals surface area contributed by atoms with Crippen LogP contribution < -0.4 is 10.6 Å². The first-order valence-electron chi connectivity index (χ1n) is 10.6. The topological polar surface area (TPSA) is 61.4 Å². The molecule has 0 aromatic heterocycles. The van der Waals surface area contributed by atoms with Gasteiger partial charge in [0.25, 0.3) is 5.91 Å². The third-order valence-corrected chi connectivity index (χ3v) is 6.06. The highest BCUT2D eigenvalue weighted by Crippen LogP contribution is 2.38. The molecule has 3 unspecified atom stereocenters. The Kier molecular flexibility index (Phi) is 5.95. The Morgan fingerprint density at radius 1 is 1.07 bits per heavy atom. The number of amides is 2. The van der Waals surface area contributed by atoms with Crippen molar-refractivity contribution in [1.82, 2.24) is 10.2 Å². The molecule has 1 aliphatic heterocycles. The molecule has 0 bridgehead atoms. The van der Waals surface area contributed by atoms with Crippen molar-refractivity contribution < 1.29 is 9.59 Å². The molecule has 0 radical (unpaired) electrons. The molecule has 5 nitrogen and oxygen atoms in total. The first-order valence-corrected chi connectivity index (χ1v) is 10.6. The average Bonchev–Trinajstić information content (AvgIpc) is 3.24. The van der Waals surface area contributed by atoms with E-state index in [0.29, 0.717) is 23.7 Å². The molecule has 29 heavy (non-hydrogen) atoms. The summed E-state index contributed by atoms with van der Waals surface area (Å²) in [6.45, 7) is 4.78. The lowest BCUT2D eigenvalue weighted by atomic mass is 10.1. The summed E-state index contributed by atoms with van der Waals surface area (Å²) in [6, 6.07) is 17.8. The minimum Gasteiger partial charge on any atom is -0.350 e. The minimum atomic E-state index is -0.110. The number of hydrogen-bond donors (Lipinski definition) is 2. The zero-order valence-corrected chi connectivity index (χ0v) is 16.9. The van der Waals surface area contributed by atoms with Gasteiger partial charge in [0.05, 0.1) is 6.04 Å². The molecule has 1 saturated heterocycles. The van der Waals surface area contributed by atoms with Gasteiger partial charge in [-0.3, -0.25) is 14.5 Å². The van der Waals surface area contributed by atoms with E-state index < -0.39 is 0 Å². The summed E-state index contributed by atoms with van der Waals surface area (Å²) in [5.74, 6) is 0.510. The van der Waals surface area contributed by atoms with Crippen molar-refractivity contribution in [3.8, 4) is 0 Å². The van der Waals surface area contributed by atoms with Gasteiger partial charge in [0, 0.05) is 23.7 Å². The fourth-order valence-electron chi connectivity index (χ4n) is 4.14. The van der Waals surface area contributed by atoms with Crippen molar-refractivity contribution in [2.24, 2.45) is 11.8 Å². The lowest BCUT2D eigenvalue weighted by Gasteiger charge is -2.28. The normalized spacial score (nSPS) is 22.1. The molecule has 2 amide bonds. The zero-order chi connectivity index (χ0) is 20.2. The van der Waals surface area contributed by atoms with Gasteiger partial charge in [0.2, 0.25) is 5.91 Å². The molecule has 1 heterocycles. The largest absolute Gasteiger partial charge is 0.350 e. The highest BCUT2D eigenvalue weighted by atomic mass is 16.2. The first-order chi connectivity index (χ1) is 14.1. The summed E-state index contributed by atoms with van der Waals surface area (Å²) >= 11 is 0. The van der Waals surface area contributed by atoms with Crippen LogP contribution in [-0.2, 0) is 4.79 Å². The molecule has 152 valence electrons. The first kappa shape index (κ1) is 19.6. The van der Waals surface area contributed by atoms with Crippen LogP contribution in [0.4, 0.5) is 5.69 Å². The number of hydrogen-bond acceptors (Lipinski definition) is 3. The van der Waals surface area contributed by atoms with E-state index in [1.807, 2.05) is 30.3 Å². The third-order valence-electron chi connectivity index (χ3n) is 6.06. The Hall–Kier alpha value is -2.66. The van der Waals surface area contributed by atoms with E-state index in [2.05, 4.69) is 34.6 Å². The third kappa shape index (κ3) is 4.85. The number of carbonyl (C=O) groups excluding carboxylic acids is 2. The number of likely N-dealkylation sites (tertiary alicyclic amines) is 1. The molecule has 0 spiro atoms. The maximum absolute atomic E-state index is 12.8. The Labute approximate surface area is 172 Å². The van der Waals surface area contributed by atoms with Gasteiger partial charge in [-0.1, -0.05) is 43.3 Å². The summed E-state index contributed by atoms with van der Waals surface area (Å²) < 4.78 is 0. The maximum atomic E-state index is 12.8. The molecule has 4 rings (SSSR count). The van der Waals surface area contributed by atoms with Crippen LogP contribution in [0, 0.1) is 11.8 Å². The van der Waals surface area contributed by atoms with Gasteiger partial charge >= 0.3 is 0 Å². The number of benzene rings is 2. The molecule has 2 N–H and O–H groups in total. The van der Waals surface area contributed by atoms with E-state index in [9.17, 15) is 9.59 Å². The Morgan fingerprint density at radius 3 is 2.48 bits per heavy atom. The van der Waals surface area contributed by atoms with Gasteiger partial charge in [0.15, 0.2) is 0 Å². The predicted octanol–water partition coefficient (Wildman–Crippen LogP) is 3.85. The van der Waals surface area contributed by atoms with Crippen molar-refractivity contribution in [1.29, 1.82) is 0 Å². The second-order valence-corrected chi connectivity index (χ2v) is 8.27. The Bertz CT molecular complexity index is 861. The molecule has 2 aromatic rings. The van der Waals surface area contributed by atoms with Crippen molar-refractivity contribution in [2.75, 3.05) is 25.0 Å². The highest BCUT2D eigenvalue weighted by molar-refractivity contribution is 5.98. The molecule has 1 aliphatic carbocycles. The van der Waals surface area contributed by atoms with E-state index >= 15 is 0 Å². The Morgan fingerprint density at radius 2 is 1.79 bits per heavy atom. The van der Waals surface area contributed by atoms with E-state index in [1.54, 1.807) is 12.1 Å². The zero-order valence-electron chi connectivity index (χ0n) is 16.9.